The van der Waals surface area contributed by atoms with E-state index >= 15 is 0 Å². The Hall–Kier alpha value is -4.56. The lowest BCUT2D eigenvalue weighted by Crippen LogP contribution is -2.55. The quantitative estimate of drug-likeness (QED) is 0.288. The number of aromatic nitrogens is 1. The van der Waals surface area contributed by atoms with Gasteiger partial charge in [0, 0.05) is 37.7 Å². The Morgan fingerprint density at radius 1 is 0.975 bits per heavy atom. The van der Waals surface area contributed by atoms with E-state index in [2.05, 4.69) is 4.98 Å². The van der Waals surface area contributed by atoms with Crippen molar-refractivity contribution in [3.8, 4) is 16.9 Å². The molecule has 2 heterocycles. The molecule has 0 radical (unpaired) electrons. The van der Waals surface area contributed by atoms with Gasteiger partial charge in [-0.25, -0.2) is 4.39 Å². The minimum Gasteiger partial charge on any atom is -0.508 e. The summed E-state index contributed by atoms with van der Waals surface area (Å²) < 4.78 is 13.3. The number of hydrogen-bond donors (Lipinski definition) is 2. The maximum absolute atomic E-state index is 13.4. The number of β-lactam (4-membered cyclic amide) rings is 1. The lowest BCUT2D eigenvalue weighted by Gasteiger charge is -2.48. The number of amides is 2. The fourth-order valence-corrected chi connectivity index (χ4v) is 5.15. The molecule has 3 aromatic carbocycles. The second-order valence-electron chi connectivity index (χ2n) is 10.2. The van der Waals surface area contributed by atoms with Crippen molar-refractivity contribution in [2.75, 3.05) is 19.0 Å². The molecule has 8 heteroatoms. The summed E-state index contributed by atoms with van der Waals surface area (Å²) in [6.07, 6.45) is 3.20. The van der Waals surface area contributed by atoms with Crippen LogP contribution in [-0.2, 0) is 4.79 Å². The van der Waals surface area contributed by atoms with Gasteiger partial charge in [0.1, 0.15) is 11.6 Å². The van der Waals surface area contributed by atoms with E-state index in [1.54, 1.807) is 67.7 Å². The van der Waals surface area contributed by atoms with Crippen LogP contribution in [0.3, 0.4) is 0 Å². The van der Waals surface area contributed by atoms with Gasteiger partial charge >= 0.3 is 0 Å². The molecular weight excluding hydrogens is 509 g/mol. The maximum atomic E-state index is 13.4. The summed E-state index contributed by atoms with van der Waals surface area (Å²) in [5, 5.41) is 20.5. The molecule has 5 rings (SSSR count). The van der Waals surface area contributed by atoms with E-state index in [0.29, 0.717) is 24.0 Å². The molecule has 204 valence electrons. The Morgan fingerprint density at radius 3 is 2.30 bits per heavy atom. The average molecular weight is 540 g/mol. The number of anilines is 1. The molecular formula is C32H30FN3O4. The topological polar surface area (TPSA) is 94.0 Å². The van der Waals surface area contributed by atoms with Crippen LogP contribution in [0.5, 0.6) is 5.75 Å². The van der Waals surface area contributed by atoms with Crippen LogP contribution in [0.4, 0.5) is 10.1 Å². The maximum Gasteiger partial charge on any atom is 0.254 e. The molecule has 0 bridgehead atoms. The van der Waals surface area contributed by atoms with Gasteiger partial charge in [-0.3, -0.25) is 14.6 Å². The third-order valence-electron chi connectivity index (χ3n) is 7.32. The number of halogens is 1. The molecule has 0 saturated carbocycles. The molecule has 7 nitrogen and oxygen atoms in total. The second kappa shape index (κ2) is 11.3. The molecule has 1 fully saturated rings. The van der Waals surface area contributed by atoms with Crippen LogP contribution in [0.1, 0.15) is 46.5 Å². The summed E-state index contributed by atoms with van der Waals surface area (Å²) in [7, 11) is 3.38. The smallest absolute Gasteiger partial charge is 0.254 e. The molecule has 1 aromatic heterocycles. The largest absolute Gasteiger partial charge is 0.508 e. The number of carbonyl (C=O) groups is 2. The number of carbonyl (C=O) groups excluding carboxylic acids is 2. The molecule has 0 unspecified atom stereocenters. The lowest BCUT2D eigenvalue weighted by molar-refractivity contribution is -0.131. The molecule has 1 aliphatic rings. The minimum absolute atomic E-state index is 0.0580. The van der Waals surface area contributed by atoms with Gasteiger partial charge in [-0.1, -0.05) is 36.4 Å². The highest BCUT2D eigenvalue weighted by Crippen LogP contribution is 2.46. The Kier molecular flexibility index (Phi) is 7.62. The fourth-order valence-electron chi connectivity index (χ4n) is 5.15. The lowest BCUT2D eigenvalue weighted by atomic mass is 9.78. The third-order valence-corrected chi connectivity index (χ3v) is 7.32. The highest BCUT2D eigenvalue weighted by Gasteiger charge is 2.48. The SMILES string of the molecule is CN(C)C(=O)c1cncc(-c2ccc(N3C(=O)[C@H](CC[C@H](O)c4ccc(F)cc4)[C@H]3c3ccc(O)cc3)cc2)c1. The number of hydrogen-bond acceptors (Lipinski definition) is 5. The normalized spacial score (nSPS) is 17.3. The Balaban J connectivity index is 1.37. The first-order chi connectivity index (χ1) is 19.2. The van der Waals surface area contributed by atoms with E-state index in [0.717, 1.165) is 22.4 Å². The second-order valence-corrected chi connectivity index (χ2v) is 10.2. The van der Waals surface area contributed by atoms with Crippen molar-refractivity contribution in [2.24, 2.45) is 5.92 Å². The number of phenolic OH excluding ortho intramolecular Hbond substituents is 1. The van der Waals surface area contributed by atoms with Gasteiger partial charge in [0.15, 0.2) is 0 Å². The van der Waals surface area contributed by atoms with Gasteiger partial charge < -0.3 is 20.0 Å². The van der Waals surface area contributed by atoms with Crippen LogP contribution in [0.2, 0.25) is 0 Å². The highest BCUT2D eigenvalue weighted by molar-refractivity contribution is 6.03. The number of phenols is 1. The number of benzene rings is 3. The predicted octanol–water partition coefficient (Wildman–Crippen LogP) is 5.51. The van der Waals surface area contributed by atoms with E-state index in [1.165, 1.54) is 23.2 Å². The van der Waals surface area contributed by atoms with Crippen molar-refractivity contribution < 1.29 is 24.2 Å². The van der Waals surface area contributed by atoms with Crippen LogP contribution in [-0.4, -0.2) is 46.0 Å². The van der Waals surface area contributed by atoms with E-state index in [-0.39, 0.29) is 35.3 Å². The highest BCUT2D eigenvalue weighted by atomic mass is 19.1. The van der Waals surface area contributed by atoms with Gasteiger partial charge in [0.2, 0.25) is 5.91 Å². The number of aromatic hydroxyl groups is 1. The number of aliphatic hydroxyl groups is 1. The van der Waals surface area contributed by atoms with E-state index < -0.39 is 6.10 Å². The first kappa shape index (κ1) is 27.0. The molecule has 2 N–H and O–H groups in total. The van der Waals surface area contributed by atoms with Gasteiger partial charge in [0.05, 0.1) is 23.6 Å². The molecule has 3 atom stereocenters. The minimum atomic E-state index is -0.814. The summed E-state index contributed by atoms with van der Waals surface area (Å²) in [6.45, 7) is 0. The van der Waals surface area contributed by atoms with E-state index in [4.69, 9.17) is 0 Å². The summed E-state index contributed by atoms with van der Waals surface area (Å²) in [6, 6.07) is 21.5. The molecule has 1 aliphatic heterocycles. The van der Waals surface area contributed by atoms with Crippen LogP contribution >= 0.6 is 0 Å². The molecule has 0 aliphatic carbocycles. The first-order valence-corrected chi connectivity index (χ1v) is 13.1. The average Bonchev–Trinajstić information content (AvgIpc) is 2.96. The van der Waals surface area contributed by atoms with Gasteiger partial charge in [-0.15, -0.1) is 0 Å². The monoisotopic (exact) mass is 539 g/mol. The summed E-state index contributed by atoms with van der Waals surface area (Å²) in [5.74, 6) is -0.790. The Labute approximate surface area is 232 Å². The summed E-state index contributed by atoms with van der Waals surface area (Å²) in [4.78, 5) is 33.2. The first-order valence-electron chi connectivity index (χ1n) is 13.1. The number of nitrogens with zero attached hydrogens (tertiary/aromatic N) is 3. The van der Waals surface area contributed by atoms with Crippen LogP contribution in [0, 0.1) is 11.7 Å². The van der Waals surface area contributed by atoms with Crippen LogP contribution in [0.25, 0.3) is 11.1 Å². The van der Waals surface area contributed by atoms with Gasteiger partial charge in [-0.2, -0.15) is 0 Å². The van der Waals surface area contributed by atoms with Crippen LogP contribution in [0.15, 0.2) is 91.3 Å². The van der Waals surface area contributed by atoms with E-state index in [1.807, 2.05) is 24.3 Å². The molecule has 2 amide bonds. The number of rotatable bonds is 8. The van der Waals surface area contributed by atoms with Crippen molar-refractivity contribution >= 4 is 17.5 Å². The Morgan fingerprint density at radius 2 is 1.65 bits per heavy atom. The zero-order chi connectivity index (χ0) is 28.4. The van der Waals surface area contributed by atoms with Crippen molar-refractivity contribution in [3.05, 3.63) is 114 Å². The Bertz CT molecular complexity index is 1500. The third kappa shape index (κ3) is 5.44. The van der Waals surface area contributed by atoms with Gasteiger partial charge in [0.25, 0.3) is 5.91 Å². The van der Waals surface area contributed by atoms with Crippen LogP contribution < -0.4 is 4.90 Å². The predicted molar refractivity (Wildman–Crippen MR) is 150 cm³/mol. The standard InChI is InChI=1S/C32H30FN3O4/c1-35(2)31(39)24-17-23(18-34-19-24)20-5-11-26(12-6-20)36-30(22-7-13-27(37)14-8-22)28(32(36)40)15-16-29(38)21-3-9-25(33)10-4-21/h3-14,17-19,28-30,37-38H,15-16H2,1-2H3/t28-,29+,30-/m1/s1. The molecule has 40 heavy (non-hydrogen) atoms. The fraction of sp³-hybridized carbons (Fsp3) is 0.219. The van der Waals surface area contributed by atoms with Gasteiger partial charge in [-0.05, 0) is 72.0 Å². The zero-order valence-electron chi connectivity index (χ0n) is 22.2. The van der Waals surface area contributed by atoms with Crippen molar-refractivity contribution in [2.45, 2.75) is 25.0 Å². The summed E-state index contributed by atoms with van der Waals surface area (Å²) >= 11 is 0. The van der Waals surface area contributed by atoms with Crippen molar-refractivity contribution in [1.82, 2.24) is 9.88 Å². The van der Waals surface area contributed by atoms with Crippen molar-refractivity contribution in [1.29, 1.82) is 0 Å². The summed E-state index contributed by atoms with van der Waals surface area (Å²) in [5.41, 5.74) is 4.34. The number of aliphatic hydroxyl groups excluding tert-OH is 1. The molecule has 4 aromatic rings. The zero-order valence-corrected chi connectivity index (χ0v) is 22.2. The number of pyridine rings is 1. The molecule has 0 spiro atoms. The molecule has 1 saturated heterocycles. The van der Waals surface area contributed by atoms with Crippen molar-refractivity contribution in [3.63, 3.8) is 0 Å². The van der Waals surface area contributed by atoms with E-state index in [9.17, 15) is 24.2 Å².